The van der Waals surface area contributed by atoms with Gasteiger partial charge in [0.15, 0.2) is 0 Å². The van der Waals surface area contributed by atoms with Crippen molar-refractivity contribution in [1.29, 1.82) is 0 Å². The summed E-state index contributed by atoms with van der Waals surface area (Å²) in [4.78, 5) is 0. The first-order chi connectivity index (χ1) is 7.74. The van der Waals surface area contributed by atoms with Gasteiger partial charge in [-0.25, -0.2) is 0 Å². The maximum absolute atomic E-state index is 5.92. The molecule has 0 aliphatic heterocycles. The van der Waals surface area contributed by atoms with Gasteiger partial charge in [-0.2, -0.15) is 11.8 Å². The normalized spacial score (nSPS) is 10.4. The van der Waals surface area contributed by atoms with Crippen molar-refractivity contribution in [1.82, 2.24) is 0 Å². The van der Waals surface area contributed by atoms with Crippen LogP contribution >= 0.6 is 11.8 Å². The highest BCUT2D eigenvalue weighted by Gasteiger charge is 1.97. The van der Waals surface area contributed by atoms with Crippen LogP contribution in [-0.2, 0) is 0 Å². The van der Waals surface area contributed by atoms with Crippen LogP contribution in [0.25, 0.3) is 0 Å². The van der Waals surface area contributed by atoms with Gasteiger partial charge in [-0.3, -0.25) is 0 Å². The third-order valence-corrected chi connectivity index (χ3v) is 3.24. The maximum Gasteiger partial charge on any atom is 0.0574 e. The van der Waals surface area contributed by atoms with Crippen LogP contribution in [0.4, 0.5) is 11.4 Å². The number of hydrogen-bond acceptors (Lipinski definition) is 3. The van der Waals surface area contributed by atoms with E-state index in [0.717, 1.165) is 17.9 Å². The van der Waals surface area contributed by atoms with Gasteiger partial charge in [0.05, 0.1) is 11.4 Å². The van der Waals surface area contributed by atoms with Crippen LogP contribution < -0.4 is 11.1 Å². The molecule has 90 valence electrons. The molecule has 1 aromatic carbocycles. The van der Waals surface area contributed by atoms with E-state index in [4.69, 9.17) is 5.73 Å². The minimum atomic E-state index is 0.851. The van der Waals surface area contributed by atoms with E-state index in [0.29, 0.717) is 0 Å². The summed E-state index contributed by atoms with van der Waals surface area (Å²) >= 11 is 1.92. The summed E-state index contributed by atoms with van der Waals surface area (Å²) in [5.74, 6) is 1.27. The Morgan fingerprint density at radius 1 is 1.25 bits per heavy atom. The van der Waals surface area contributed by atoms with Gasteiger partial charge in [0.1, 0.15) is 0 Å². The summed E-state index contributed by atoms with van der Waals surface area (Å²) in [6.07, 6.45) is 5.98. The van der Waals surface area contributed by atoms with Crippen molar-refractivity contribution in [2.24, 2.45) is 0 Å². The predicted molar refractivity (Wildman–Crippen MR) is 76.3 cm³/mol. The molecule has 0 heterocycles. The van der Waals surface area contributed by atoms with E-state index in [9.17, 15) is 0 Å². The number of thioether (sulfide) groups is 1. The molecule has 0 amide bonds. The summed E-state index contributed by atoms with van der Waals surface area (Å²) in [7, 11) is 0. The van der Waals surface area contributed by atoms with Crippen LogP contribution in [-0.4, -0.2) is 18.6 Å². The largest absolute Gasteiger partial charge is 0.397 e. The van der Waals surface area contributed by atoms with Gasteiger partial charge in [0, 0.05) is 6.54 Å². The number of benzene rings is 1. The van der Waals surface area contributed by atoms with E-state index >= 15 is 0 Å². The maximum atomic E-state index is 5.92. The highest BCUT2D eigenvalue weighted by Crippen LogP contribution is 2.19. The van der Waals surface area contributed by atoms with Crippen LogP contribution in [0.3, 0.4) is 0 Å². The second kappa shape index (κ2) is 7.44. The van der Waals surface area contributed by atoms with Crippen molar-refractivity contribution < 1.29 is 0 Å². The molecule has 0 atom stereocenters. The molecule has 0 unspecified atom stereocenters. The van der Waals surface area contributed by atoms with Crippen LogP contribution in [0.1, 0.15) is 24.8 Å². The molecule has 0 saturated heterocycles. The Balaban J connectivity index is 2.21. The first kappa shape index (κ1) is 13.2. The summed E-state index contributed by atoms with van der Waals surface area (Å²) in [6.45, 7) is 3.07. The van der Waals surface area contributed by atoms with Gasteiger partial charge in [-0.15, -0.1) is 0 Å². The Labute approximate surface area is 103 Å². The number of rotatable bonds is 7. The smallest absolute Gasteiger partial charge is 0.0574 e. The van der Waals surface area contributed by atoms with Crippen LogP contribution in [0.5, 0.6) is 0 Å². The molecule has 1 aromatic rings. The Hall–Kier alpha value is -0.830. The monoisotopic (exact) mass is 238 g/mol. The molecule has 0 saturated carbocycles. The molecular weight excluding hydrogens is 216 g/mol. The molecular formula is C13H22N2S. The fourth-order valence-corrected chi connectivity index (χ4v) is 2.11. The van der Waals surface area contributed by atoms with Crippen molar-refractivity contribution in [2.45, 2.75) is 26.2 Å². The van der Waals surface area contributed by atoms with Crippen molar-refractivity contribution in [2.75, 3.05) is 29.6 Å². The Morgan fingerprint density at radius 3 is 2.75 bits per heavy atom. The van der Waals surface area contributed by atoms with E-state index in [1.54, 1.807) is 0 Å². The van der Waals surface area contributed by atoms with Gasteiger partial charge < -0.3 is 11.1 Å². The number of nitrogens with one attached hydrogen (secondary N) is 1. The minimum Gasteiger partial charge on any atom is -0.397 e. The molecule has 2 nitrogen and oxygen atoms in total. The molecule has 1 rings (SSSR count). The standard InChI is InChI=1S/C13H22N2S/c1-11-6-7-13(12(14)10-11)15-8-4-3-5-9-16-2/h6-7,10,15H,3-5,8-9,14H2,1-2H3. The van der Waals surface area contributed by atoms with Crippen molar-refractivity contribution in [3.63, 3.8) is 0 Å². The lowest BCUT2D eigenvalue weighted by Crippen LogP contribution is -2.04. The second-order valence-corrected chi connectivity index (χ2v) is 5.06. The predicted octanol–water partition coefficient (Wildman–Crippen LogP) is 3.52. The van der Waals surface area contributed by atoms with E-state index < -0.39 is 0 Å². The SMILES string of the molecule is CSCCCCCNc1ccc(C)cc1N. The van der Waals surface area contributed by atoms with E-state index in [1.165, 1.54) is 30.6 Å². The van der Waals surface area contributed by atoms with Crippen molar-refractivity contribution >= 4 is 23.1 Å². The molecule has 0 spiro atoms. The quantitative estimate of drug-likeness (QED) is 0.564. The highest BCUT2D eigenvalue weighted by atomic mass is 32.2. The van der Waals surface area contributed by atoms with E-state index in [2.05, 4.69) is 30.6 Å². The zero-order valence-electron chi connectivity index (χ0n) is 10.3. The molecule has 0 bridgehead atoms. The van der Waals surface area contributed by atoms with Crippen LogP contribution in [0, 0.1) is 6.92 Å². The average molecular weight is 238 g/mol. The summed E-state index contributed by atoms with van der Waals surface area (Å²) < 4.78 is 0. The van der Waals surface area contributed by atoms with Gasteiger partial charge in [0.2, 0.25) is 0 Å². The lowest BCUT2D eigenvalue weighted by atomic mass is 10.2. The molecule has 0 aromatic heterocycles. The third kappa shape index (κ3) is 4.79. The number of nitrogen functional groups attached to an aromatic ring is 1. The molecule has 3 heteroatoms. The zero-order valence-corrected chi connectivity index (χ0v) is 11.1. The van der Waals surface area contributed by atoms with Crippen LogP contribution in [0.2, 0.25) is 0 Å². The van der Waals surface area contributed by atoms with Crippen molar-refractivity contribution in [3.8, 4) is 0 Å². The molecule has 0 radical (unpaired) electrons. The van der Waals surface area contributed by atoms with Gasteiger partial charge in [0.25, 0.3) is 0 Å². The molecule has 16 heavy (non-hydrogen) atoms. The zero-order chi connectivity index (χ0) is 11.8. The number of aryl methyl sites for hydroxylation is 1. The topological polar surface area (TPSA) is 38.0 Å². The van der Waals surface area contributed by atoms with E-state index in [1.807, 2.05) is 17.8 Å². The molecule has 0 fully saturated rings. The molecule has 0 aliphatic rings. The third-order valence-electron chi connectivity index (χ3n) is 2.55. The second-order valence-electron chi connectivity index (χ2n) is 4.07. The average Bonchev–Trinajstić information content (AvgIpc) is 2.26. The lowest BCUT2D eigenvalue weighted by molar-refractivity contribution is 0.750. The van der Waals surface area contributed by atoms with Gasteiger partial charge in [-0.05, 0) is 49.5 Å². The van der Waals surface area contributed by atoms with Gasteiger partial charge in [-0.1, -0.05) is 12.5 Å². The van der Waals surface area contributed by atoms with E-state index in [-0.39, 0.29) is 0 Å². The fraction of sp³-hybridized carbons (Fsp3) is 0.538. The number of unbranched alkanes of at least 4 members (excludes halogenated alkanes) is 2. The first-order valence-electron chi connectivity index (χ1n) is 5.83. The fourth-order valence-electron chi connectivity index (χ4n) is 1.61. The lowest BCUT2D eigenvalue weighted by Gasteiger charge is -2.09. The first-order valence-corrected chi connectivity index (χ1v) is 7.22. The molecule has 3 N–H and O–H groups in total. The Kier molecular flexibility index (Phi) is 6.16. The van der Waals surface area contributed by atoms with Crippen molar-refractivity contribution in [3.05, 3.63) is 23.8 Å². The number of anilines is 2. The number of nitrogens with two attached hydrogens (primary N) is 1. The summed E-state index contributed by atoms with van der Waals surface area (Å²) in [5, 5.41) is 3.39. The van der Waals surface area contributed by atoms with Gasteiger partial charge >= 0.3 is 0 Å². The van der Waals surface area contributed by atoms with Crippen LogP contribution in [0.15, 0.2) is 18.2 Å². The number of hydrogen-bond donors (Lipinski definition) is 2. The highest BCUT2D eigenvalue weighted by molar-refractivity contribution is 7.98. The summed E-state index contributed by atoms with van der Waals surface area (Å²) in [5.41, 5.74) is 9.05. The Morgan fingerprint density at radius 2 is 2.06 bits per heavy atom. The molecule has 0 aliphatic carbocycles. The minimum absolute atomic E-state index is 0.851. The Bertz CT molecular complexity index is 313. The summed E-state index contributed by atoms with van der Waals surface area (Å²) in [6, 6.07) is 6.16.